The number of benzene rings is 2. The zero-order chi connectivity index (χ0) is 30.3. The van der Waals surface area contributed by atoms with Gasteiger partial charge in [0.1, 0.15) is 0 Å². The molecule has 0 N–H and O–H groups in total. The number of nitrogens with zero attached hydrogens (tertiary/aromatic N) is 6. The maximum absolute atomic E-state index is 13.6. The maximum atomic E-state index is 13.6. The minimum absolute atomic E-state index is 0.186. The molecule has 10 nitrogen and oxygen atoms in total. The van der Waals surface area contributed by atoms with E-state index >= 15 is 0 Å². The number of hydrogen-bond donors (Lipinski definition) is 0. The Bertz CT molecular complexity index is 1840. The Morgan fingerprint density at radius 3 is 2.26 bits per heavy atom. The van der Waals surface area contributed by atoms with Crippen molar-refractivity contribution in [1.29, 1.82) is 0 Å². The summed E-state index contributed by atoms with van der Waals surface area (Å²) in [6, 6.07) is 17.0. The minimum Gasteiger partial charge on any atom is -0.379 e. The molecule has 0 unspecified atom stereocenters. The van der Waals surface area contributed by atoms with Crippen molar-refractivity contribution in [2.75, 3.05) is 44.3 Å². The molecule has 4 aromatic rings. The van der Waals surface area contributed by atoms with Crippen LogP contribution in [0.15, 0.2) is 69.3 Å². The fourth-order valence-electron chi connectivity index (χ4n) is 6.13. The average Bonchev–Trinajstić information content (AvgIpc) is 3.70. The van der Waals surface area contributed by atoms with E-state index in [9.17, 15) is 13.2 Å². The molecule has 2 saturated heterocycles. The molecular weight excluding hydrogens is 564 g/mol. The SMILES string of the molecule is Cc1cc(C=Nc2c(C)n(C)n(-c3ccccc3)c2=O)c(C)n1-c1cc(S(=O)(=O)N2CCOCC2)ccc1N1CCCC1. The van der Waals surface area contributed by atoms with Crippen LogP contribution in [0.5, 0.6) is 0 Å². The topological polar surface area (TPSA) is 94.1 Å². The van der Waals surface area contributed by atoms with E-state index in [2.05, 4.69) is 9.47 Å². The molecule has 2 aliphatic rings. The summed E-state index contributed by atoms with van der Waals surface area (Å²) in [5, 5.41) is 0. The van der Waals surface area contributed by atoms with Crippen molar-refractivity contribution < 1.29 is 13.2 Å². The van der Waals surface area contributed by atoms with E-state index in [4.69, 9.17) is 9.73 Å². The van der Waals surface area contributed by atoms with Crippen LogP contribution in [0.3, 0.4) is 0 Å². The Kier molecular flexibility index (Phi) is 7.89. The van der Waals surface area contributed by atoms with Crippen LogP contribution in [0.2, 0.25) is 0 Å². The lowest BCUT2D eigenvalue weighted by Crippen LogP contribution is -2.40. The van der Waals surface area contributed by atoms with E-state index in [1.54, 1.807) is 23.0 Å². The first-order chi connectivity index (χ1) is 20.7. The summed E-state index contributed by atoms with van der Waals surface area (Å²) < 4.78 is 39.7. The minimum atomic E-state index is -3.68. The zero-order valence-electron chi connectivity index (χ0n) is 25.2. The highest BCUT2D eigenvalue weighted by Gasteiger charge is 2.29. The van der Waals surface area contributed by atoms with Crippen molar-refractivity contribution in [3.63, 3.8) is 0 Å². The van der Waals surface area contributed by atoms with Crippen molar-refractivity contribution in [3.8, 4) is 11.4 Å². The van der Waals surface area contributed by atoms with Crippen molar-refractivity contribution in [1.82, 2.24) is 18.2 Å². The molecule has 2 fully saturated rings. The molecule has 0 amide bonds. The van der Waals surface area contributed by atoms with E-state index in [-0.39, 0.29) is 10.5 Å². The Labute approximate surface area is 252 Å². The second kappa shape index (κ2) is 11.6. The first-order valence-corrected chi connectivity index (χ1v) is 16.2. The highest BCUT2D eigenvalue weighted by atomic mass is 32.2. The van der Waals surface area contributed by atoms with Crippen molar-refractivity contribution in [2.45, 2.75) is 38.5 Å². The summed E-state index contributed by atoms with van der Waals surface area (Å²) in [7, 11) is -1.82. The molecule has 0 radical (unpaired) electrons. The van der Waals surface area contributed by atoms with Crippen LogP contribution in [0.1, 0.15) is 35.5 Å². The van der Waals surface area contributed by atoms with Gasteiger partial charge < -0.3 is 14.2 Å². The lowest BCUT2D eigenvalue weighted by molar-refractivity contribution is 0.0730. The number of morpholine rings is 1. The van der Waals surface area contributed by atoms with Gasteiger partial charge >= 0.3 is 0 Å². The summed E-state index contributed by atoms with van der Waals surface area (Å²) in [6.07, 6.45) is 3.94. The molecule has 43 heavy (non-hydrogen) atoms. The Balaban J connectivity index is 1.42. The van der Waals surface area contributed by atoms with E-state index in [1.165, 1.54) is 4.31 Å². The van der Waals surface area contributed by atoms with Gasteiger partial charge in [-0.05, 0) is 70.0 Å². The van der Waals surface area contributed by atoms with Gasteiger partial charge in [0.25, 0.3) is 5.56 Å². The summed E-state index contributed by atoms with van der Waals surface area (Å²) >= 11 is 0. The highest BCUT2D eigenvalue weighted by molar-refractivity contribution is 7.89. The number of hydrogen-bond acceptors (Lipinski definition) is 6. The van der Waals surface area contributed by atoms with Crippen LogP contribution < -0.4 is 10.5 Å². The first-order valence-electron chi connectivity index (χ1n) is 14.7. The molecule has 0 atom stereocenters. The van der Waals surface area contributed by atoms with Crippen LogP contribution in [-0.4, -0.2) is 72.3 Å². The highest BCUT2D eigenvalue weighted by Crippen LogP contribution is 2.34. The molecule has 2 aromatic carbocycles. The summed E-state index contributed by atoms with van der Waals surface area (Å²) in [4.78, 5) is 20.7. The van der Waals surface area contributed by atoms with Crippen LogP contribution >= 0.6 is 0 Å². The van der Waals surface area contributed by atoms with E-state index in [0.29, 0.717) is 32.0 Å². The predicted molar refractivity (Wildman–Crippen MR) is 169 cm³/mol. The summed E-state index contributed by atoms with van der Waals surface area (Å²) in [5.74, 6) is 0. The Morgan fingerprint density at radius 2 is 1.56 bits per heavy atom. The third kappa shape index (κ3) is 5.26. The molecule has 0 saturated carbocycles. The number of rotatable bonds is 7. The van der Waals surface area contributed by atoms with Gasteiger partial charge in [0.2, 0.25) is 10.0 Å². The second-order valence-electron chi connectivity index (χ2n) is 11.2. The zero-order valence-corrected chi connectivity index (χ0v) is 26.0. The summed E-state index contributed by atoms with van der Waals surface area (Å²) in [5.41, 5.74) is 6.30. The smallest absolute Gasteiger partial charge is 0.297 e. The number of aliphatic imine (C=N–C) groups is 1. The third-order valence-electron chi connectivity index (χ3n) is 8.57. The molecule has 6 rings (SSSR count). The van der Waals surface area contributed by atoms with Gasteiger partial charge in [-0.2, -0.15) is 4.31 Å². The molecule has 4 heterocycles. The molecule has 2 aromatic heterocycles. The molecular formula is C32H38N6O4S. The van der Waals surface area contributed by atoms with Crippen molar-refractivity contribution >= 4 is 27.6 Å². The fraction of sp³-hybridized carbons (Fsp3) is 0.375. The maximum Gasteiger partial charge on any atom is 0.297 e. The molecule has 226 valence electrons. The van der Waals surface area contributed by atoms with Crippen LogP contribution in [0, 0.1) is 20.8 Å². The van der Waals surface area contributed by atoms with Gasteiger partial charge in [-0.1, -0.05) is 18.2 Å². The number of aryl methyl sites for hydroxylation is 1. The van der Waals surface area contributed by atoms with Gasteiger partial charge in [-0.25, -0.2) is 18.1 Å². The lowest BCUT2D eigenvalue weighted by atomic mass is 10.2. The number of sulfonamides is 1. The second-order valence-corrected chi connectivity index (χ2v) is 13.1. The van der Waals surface area contributed by atoms with Gasteiger partial charge in [0.15, 0.2) is 5.69 Å². The molecule has 0 aliphatic carbocycles. The van der Waals surface area contributed by atoms with Crippen molar-refractivity contribution in [3.05, 3.63) is 87.6 Å². The van der Waals surface area contributed by atoms with Gasteiger partial charge in [-0.15, -0.1) is 0 Å². The summed E-state index contributed by atoms with van der Waals surface area (Å²) in [6.45, 7) is 9.25. The van der Waals surface area contributed by atoms with Gasteiger partial charge in [0, 0.05) is 56.4 Å². The number of ether oxygens (including phenoxy) is 1. The Morgan fingerprint density at radius 1 is 0.860 bits per heavy atom. The quantitative estimate of drug-likeness (QED) is 0.295. The van der Waals surface area contributed by atoms with Crippen molar-refractivity contribution in [2.24, 2.45) is 12.0 Å². The standard InChI is InChI=1S/C32H38N6O4S/c1-23-20-26(22-33-31-25(3)34(4)38(32(31)39)27-10-6-5-7-11-27)24(2)37(23)30-21-28(12-13-29(30)35-14-8-9-15-35)43(40,41)36-16-18-42-19-17-36/h5-7,10-13,20-22H,8-9,14-19H2,1-4H3. The molecule has 0 spiro atoms. The molecule has 2 aliphatic heterocycles. The number of aromatic nitrogens is 3. The monoisotopic (exact) mass is 602 g/mol. The Hall–Kier alpha value is -3.93. The van der Waals surface area contributed by atoms with Crippen LogP contribution in [0.4, 0.5) is 11.4 Å². The lowest BCUT2D eigenvalue weighted by Gasteiger charge is -2.28. The van der Waals surface area contributed by atoms with Crippen LogP contribution in [-0.2, 0) is 21.8 Å². The third-order valence-corrected chi connectivity index (χ3v) is 10.5. The number of anilines is 1. The largest absolute Gasteiger partial charge is 0.379 e. The number of para-hydroxylation sites is 1. The van der Waals surface area contributed by atoms with Gasteiger partial charge in [0.05, 0.1) is 40.9 Å². The fourth-order valence-corrected chi connectivity index (χ4v) is 7.56. The van der Waals surface area contributed by atoms with Gasteiger partial charge in [-0.3, -0.25) is 9.48 Å². The molecule has 11 heteroatoms. The van der Waals surface area contributed by atoms with E-state index in [0.717, 1.165) is 65.6 Å². The van der Waals surface area contributed by atoms with E-state index < -0.39 is 10.0 Å². The normalized spacial score (nSPS) is 16.5. The van der Waals surface area contributed by atoms with Crippen LogP contribution in [0.25, 0.3) is 11.4 Å². The van der Waals surface area contributed by atoms with E-state index in [1.807, 2.05) is 75.0 Å². The first kappa shape index (κ1) is 29.2. The predicted octanol–water partition coefficient (Wildman–Crippen LogP) is 4.26. The average molecular weight is 603 g/mol. The molecule has 0 bridgehead atoms.